The lowest BCUT2D eigenvalue weighted by molar-refractivity contribution is -0.383. The van der Waals surface area contributed by atoms with Crippen LogP contribution in [0.15, 0.2) is 24.3 Å². The summed E-state index contributed by atoms with van der Waals surface area (Å²) in [6, 6.07) is 5.62. The number of para-hydroxylation sites is 2. The van der Waals surface area contributed by atoms with Gasteiger partial charge in [0.15, 0.2) is 0 Å². The molecule has 0 heterocycles. The Balaban J connectivity index is 2.49. The molecule has 0 aliphatic rings. The van der Waals surface area contributed by atoms with Crippen molar-refractivity contribution < 1.29 is 24.4 Å². The van der Waals surface area contributed by atoms with E-state index in [1.165, 1.54) is 24.3 Å². The number of nitro groups is 1. The number of aliphatic carboxylic acids is 1. The number of hydrogen-bond donors (Lipinski definition) is 3. The summed E-state index contributed by atoms with van der Waals surface area (Å²) in [6.45, 7) is -0.523. The molecule has 112 valence electrons. The molecule has 9 heteroatoms. The maximum absolute atomic E-state index is 11.6. The summed E-state index contributed by atoms with van der Waals surface area (Å²) in [5, 5.41) is 23.6. The Morgan fingerprint density at radius 1 is 1.14 bits per heavy atom. The van der Waals surface area contributed by atoms with E-state index in [0.29, 0.717) is 0 Å². The number of carboxylic acid groups (broad SMARTS) is 1. The van der Waals surface area contributed by atoms with E-state index in [9.17, 15) is 24.5 Å². The van der Waals surface area contributed by atoms with E-state index in [1.54, 1.807) is 0 Å². The molecular formula is C12H13N3O6. The molecule has 0 radical (unpaired) electrons. The molecular weight excluding hydrogens is 282 g/mol. The Morgan fingerprint density at radius 3 is 2.38 bits per heavy atom. The molecule has 3 N–H and O–H groups in total. The Labute approximate surface area is 119 Å². The van der Waals surface area contributed by atoms with Crippen LogP contribution in [0.1, 0.15) is 12.8 Å². The molecule has 21 heavy (non-hydrogen) atoms. The molecule has 0 atom stereocenters. The number of amides is 2. The van der Waals surface area contributed by atoms with Crippen LogP contribution in [0.25, 0.3) is 0 Å². The van der Waals surface area contributed by atoms with Gasteiger partial charge in [-0.3, -0.25) is 24.5 Å². The second-order valence-corrected chi connectivity index (χ2v) is 3.99. The zero-order valence-electron chi connectivity index (χ0n) is 10.9. The van der Waals surface area contributed by atoms with E-state index in [4.69, 9.17) is 5.11 Å². The maximum Gasteiger partial charge on any atom is 0.322 e. The molecule has 0 aliphatic carbocycles. The predicted molar refractivity (Wildman–Crippen MR) is 71.6 cm³/mol. The van der Waals surface area contributed by atoms with Crippen molar-refractivity contribution in [1.29, 1.82) is 0 Å². The second kappa shape index (κ2) is 7.58. The summed E-state index contributed by atoms with van der Waals surface area (Å²) in [5.74, 6) is -2.35. The summed E-state index contributed by atoms with van der Waals surface area (Å²) in [4.78, 5) is 43.2. The fourth-order valence-corrected chi connectivity index (χ4v) is 1.44. The van der Waals surface area contributed by atoms with Gasteiger partial charge in [0.2, 0.25) is 11.8 Å². The zero-order valence-corrected chi connectivity index (χ0v) is 10.9. The highest BCUT2D eigenvalue weighted by atomic mass is 16.6. The number of nitrogens with zero attached hydrogens (tertiary/aromatic N) is 1. The van der Waals surface area contributed by atoms with Crippen molar-refractivity contribution in [3.63, 3.8) is 0 Å². The molecule has 0 aromatic heterocycles. The van der Waals surface area contributed by atoms with Gasteiger partial charge in [-0.1, -0.05) is 12.1 Å². The van der Waals surface area contributed by atoms with E-state index >= 15 is 0 Å². The molecule has 0 unspecified atom stereocenters. The fourth-order valence-electron chi connectivity index (χ4n) is 1.44. The molecule has 0 spiro atoms. The minimum Gasteiger partial charge on any atom is -0.480 e. The average Bonchev–Trinajstić information content (AvgIpc) is 2.43. The molecule has 0 aliphatic heterocycles. The standard InChI is InChI=1S/C12H13N3O6/c16-10(13-7-12(18)19)5-6-11(17)14-8-3-1-2-4-9(8)15(20)21/h1-4H,5-7H2,(H,13,16)(H,14,17)(H,18,19). The summed E-state index contributed by atoms with van der Waals surface area (Å²) in [7, 11) is 0. The number of rotatable bonds is 7. The van der Waals surface area contributed by atoms with Crippen LogP contribution in [0, 0.1) is 10.1 Å². The first-order valence-electron chi connectivity index (χ1n) is 5.92. The van der Waals surface area contributed by atoms with Crippen molar-refractivity contribution in [2.45, 2.75) is 12.8 Å². The lowest BCUT2D eigenvalue weighted by Crippen LogP contribution is -2.29. The van der Waals surface area contributed by atoms with Crippen LogP contribution >= 0.6 is 0 Å². The number of carboxylic acids is 1. The van der Waals surface area contributed by atoms with Gasteiger partial charge in [0.25, 0.3) is 5.69 Å². The minimum atomic E-state index is -1.19. The third-order valence-corrected chi connectivity index (χ3v) is 2.39. The number of nitrogens with one attached hydrogen (secondary N) is 2. The van der Waals surface area contributed by atoms with Gasteiger partial charge in [-0.25, -0.2) is 0 Å². The number of nitro benzene ring substituents is 1. The lowest BCUT2D eigenvalue weighted by atomic mass is 10.2. The van der Waals surface area contributed by atoms with Crippen molar-refractivity contribution in [3.05, 3.63) is 34.4 Å². The molecule has 1 aromatic rings. The van der Waals surface area contributed by atoms with Crippen LogP contribution in [0.2, 0.25) is 0 Å². The van der Waals surface area contributed by atoms with Crippen molar-refractivity contribution in [1.82, 2.24) is 5.32 Å². The van der Waals surface area contributed by atoms with Gasteiger partial charge < -0.3 is 15.7 Å². The topological polar surface area (TPSA) is 139 Å². The number of carbonyl (C=O) groups excluding carboxylic acids is 2. The normalized spacial score (nSPS) is 9.71. The highest BCUT2D eigenvalue weighted by molar-refractivity contribution is 5.95. The molecule has 2 amide bonds. The fraction of sp³-hybridized carbons (Fsp3) is 0.250. The molecule has 1 aromatic carbocycles. The molecule has 1 rings (SSSR count). The lowest BCUT2D eigenvalue weighted by Gasteiger charge is -2.06. The summed E-state index contributed by atoms with van der Waals surface area (Å²) in [5.41, 5.74) is -0.209. The van der Waals surface area contributed by atoms with E-state index in [2.05, 4.69) is 10.6 Å². The van der Waals surface area contributed by atoms with Crippen molar-refractivity contribution in [2.24, 2.45) is 0 Å². The van der Waals surface area contributed by atoms with Gasteiger partial charge in [0.05, 0.1) is 4.92 Å². The first-order chi connectivity index (χ1) is 9.90. The first kappa shape index (κ1) is 16.1. The van der Waals surface area contributed by atoms with Crippen LogP contribution in [-0.4, -0.2) is 34.4 Å². The average molecular weight is 295 g/mol. The van der Waals surface area contributed by atoms with Gasteiger partial charge in [0, 0.05) is 18.9 Å². The van der Waals surface area contributed by atoms with Crippen LogP contribution in [0.3, 0.4) is 0 Å². The van der Waals surface area contributed by atoms with Crippen LogP contribution in [0.5, 0.6) is 0 Å². The van der Waals surface area contributed by atoms with Crippen LogP contribution in [0.4, 0.5) is 11.4 Å². The Bertz CT molecular complexity index is 572. The SMILES string of the molecule is O=C(O)CNC(=O)CCC(=O)Nc1ccccc1[N+](=O)[O-]. The van der Waals surface area contributed by atoms with Crippen molar-refractivity contribution in [2.75, 3.05) is 11.9 Å². The third kappa shape index (κ3) is 5.68. The Kier molecular flexibility index (Phi) is 5.80. The summed E-state index contributed by atoms with van der Waals surface area (Å²) >= 11 is 0. The largest absolute Gasteiger partial charge is 0.480 e. The molecule has 9 nitrogen and oxygen atoms in total. The molecule has 0 fully saturated rings. The second-order valence-electron chi connectivity index (χ2n) is 3.99. The summed E-state index contributed by atoms with van der Waals surface area (Å²) in [6.07, 6.45) is -0.419. The summed E-state index contributed by atoms with van der Waals surface area (Å²) < 4.78 is 0. The van der Waals surface area contributed by atoms with Crippen LogP contribution in [-0.2, 0) is 14.4 Å². The highest BCUT2D eigenvalue weighted by Gasteiger charge is 2.15. The van der Waals surface area contributed by atoms with Gasteiger partial charge in [-0.2, -0.15) is 0 Å². The number of benzene rings is 1. The Hall–Kier alpha value is -2.97. The maximum atomic E-state index is 11.6. The monoisotopic (exact) mass is 295 g/mol. The van der Waals surface area contributed by atoms with Crippen molar-refractivity contribution in [3.8, 4) is 0 Å². The first-order valence-corrected chi connectivity index (χ1v) is 5.92. The molecule has 0 saturated heterocycles. The van der Waals surface area contributed by atoms with Gasteiger partial charge >= 0.3 is 5.97 Å². The van der Waals surface area contributed by atoms with E-state index in [0.717, 1.165) is 0 Å². The van der Waals surface area contributed by atoms with E-state index in [1.807, 2.05) is 0 Å². The molecule has 0 bridgehead atoms. The smallest absolute Gasteiger partial charge is 0.322 e. The van der Waals surface area contributed by atoms with Gasteiger partial charge in [0.1, 0.15) is 12.2 Å². The predicted octanol–water partition coefficient (Wildman–Crippen LogP) is 0.514. The van der Waals surface area contributed by atoms with Gasteiger partial charge in [-0.15, -0.1) is 0 Å². The Morgan fingerprint density at radius 2 is 1.76 bits per heavy atom. The minimum absolute atomic E-state index is 0.0402. The molecule has 0 saturated carbocycles. The quantitative estimate of drug-likeness (QED) is 0.495. The van der Waals surface area contributed by atoms with Crippen LogP contribution < -0.4 is 10.6 Å². The highest BCUT2D eigenvalue weighted by Crippen LogP contribution is 2.23. The zero-order chi connectivity index (χ0) is 15.8. The van der Waals surface area contributed by atoms with Gasteiger partial charge in [-0.05, 0) is 6.07 Å². The third-order valence-electron chi connectivity index (χ3n) is 2.39. The number of anilines is 1. The number of hydrogen-bond acceptors (Lipinski definition) is 5. The van der Waals surface area contributed by atoms with E-state index in [-0.39, 0.29) is 24.2 Å². The van der Waals surface area contributed by atoms with E-state index < -0.39 is 29.3 Å². The van der Waals surface area contributed by atoms with Crippen molar-refractivity contribution >= 4 is 29.2 Å². The number of carbonyl (C=O) groups is 3.